The first kappa shape index (κ1) is 11.7. The van der Waals surface area contributed by atoms with Gasteiger partial charge < -0.3 is 0 Å². The van der Waals surface area contributed by atoms with Crippen LogP contribution in [-0.4, -0.2) is 5.78 Å². The molecule has 0 aliphatic rings. The Morgan fingerprint density at radius 1 is 1.33 bits per heavy atom. The van der Waals surface area contributed by atoms with Crippen molar-refractivity contribution in [2.45, 2.75) is 32.6 Å². The van der Waals surface area contributed by atoms with Crippen LogP contribution in [0.5, 0.6) is 0 Å². The summed E-state index contributed by atoms with van der Waals surface area (Å²) in [6, 6.07) is 7.81. The molecule has 0 aromatic heterocycles. The number of carbonyl (C=O) groups is 1. The summed E-state index contributed by atoms with van der Waals surface area (Å²) in [7, 11) is 0. The fourth-order valence-corrected chi connectivity index (χ4v) is 1.62. The van der Waals surface area contributed by atoms with Gasteiger partial charge in [0.2, 0.25) is 0 Å². The molecule has 1 rings (SSSR count). The van der Waals surface area contributed by atoms with Crippen molar-refractivity contribution in [2.24, 2.45) is 0 Å². The van der Waals surface area contributed by atoms with Gasteiger partial charge in [-0.1, -0.05) is 51.1 Å². The van der Waals surface area contributed by atoms with Gasteiger partial charge >= 0.3 is 0 Å². The molecule has 1 aromatic carbocycles. The van der Waals surface area contributed by atoms with Gasteiger partial charge in [0.1, 0.15) is 0 Å². The molecule has 0 saturated carbocycles. The van der Waals surface area contributed by atoms with Gasteiger partial charge in [-0.15, -0.1) is 6.58 Å². The predicted octanol–water partition coefficient (Wildman–Crippen LogP) is 3.74. The summed E-state index contributed by atoms with van der Waals surface area (Å²) in [6.07, 6.45) is 2.06. The van der Waals surface area contributed by atoms with Gasteiger partial charge in [0, 0.05) is 12.0 Å². The molecule has 0 amide bonds. The monoisotopic (exact) mass is 202 g/mol. The third kappa shape index (κ3) is 2.79. The molecule has 0 heterocycles. The maximum absolute atomic E-state index is 11.8. The summed E-state index contributed by atoms with van der Waals surface area (Å²) in [5, 5.41) is 0. The van der Waals surface area contributed by atoms with E-state index in [2.05, 4.69) is 27.4 Å². The van der Waals surface area contributed by atoms with Gasteiger partial charge in [0.05, 0.1) is 0 Å². The van der Waals surface area contributed by atoms with Crippen molar-refractivity contribution in [3.8, 4) is 0 Å². The SMILES string of the molecule is C=CCC(=O)c1ccccc1C(C)(C)C. The molecule has 0 N–H and O–H groups in total. The Morgan fingerprint density at radius 2 is 1.93 bits per heavy atom. The zero-order valence-corrected chi connectivity index (χ0v) is 9.71. The Labute approximate surface area is 91.8 Å². The molecule has 0 spiro atoms. The summed E-state index contributed by atoms with van der Waals surface area (Å²) >= 11 is 0. The average Bonchev–Trinajstić information content (AvgIpc) is 2.17. The van der Waals surface area contributed by atoms with Crippen molar-refractivity contribution in [1.82, 2.24) is 0 Å². The van der Waals surface area contributed by atoms with Crippen molar-refractivity contribution < 1.29 is 4.79 Å². The van der Waals surface area contributed by atoms with E-state index < -0.39 is 0 Å². The van der Waals surface area contributed by atoms with E-state index in [0.717, 1.165) is 11.1 Å². The molecule has 0 saturated heterocycles. The van der Waals surface area contributed by atoms with E-state index in [1.165, 1.54) is 0 Å². The van der Waals surface area contributed by atoms with Gasteiger partial charge in [-0.05, 0) is 11.0 Å². The highest BCUT2D eigenvalue weighted by atomic mass is 16.1. The van der Waals surface area contributed by atoms with Crippen LogP contribution >= 0.6 is 0 Å². The minimum atomic E-state index is 0.00736. The van der Waals surface area contributed by atoms with Crippen molar-refractivity contribution in [1.29, 1.82) is 0 Å². The lowest BCUT2D eigenvalue weighted by Gasteiger charge is -2.22. The summed E-state index contributed by atoms with van der Waals surface area (Å²) in [6.45, 7) is 9.95. The highest BCUT2D eigenvalue weighted by Crippen LogP contribution is 2.26. The Balaban J connectivity index is 3.18. The number of rotatable bonds is 3. The normalized spacial score (nSPS) is 11.1. The Bertz CT molecular complexity index is 369. The molecular weight excluding hydrogens is 184 g/mol. The molecular formula is C14H18O. The molecule has 80 valence electrons. The van der Waals surface area contributed by atoms with Crippen LogP contribution in [0.1, 0.15) is 43.1 Å². The molecule has 0 aliphatic heterocycles. The maximum atomic E-state index is 11.8. The summed E-state index contributed by atoms with van der Waals surface area (Å²) in [4.78, 5) is 11.8. The fraction of sp³-hybridized carbons (Fsp3) is 0.357. The third-order valence-corrected chi connectivity index (χ3v) is 2.37. The van der Waals surface area contributed by atoms with Crippen LogP contribution < -0.4 is 0 Å². The first-order valence-corrected chi connectivity index (χ1v) is 5.20. The van der Waals surface area contributed by atoms with Crippen LogP contribution in [0.3, 0.4) is 0 Å². The third-order valence-electron chi connectivity index (χ3n) is 2.37. The van der Waals surface area contributed by atoms with Crippen molar-refractivity contribution in [3.05, 3.63) is 48.0 Å². The van der Waals surface area contributed by atoms with E-state index in [-0.39, 0.29) is 11.2 Å². The quantitative estimate of drug-likeness (QED) is 0.539. The lowest BCUT2D eigenvalue weighted by molar-refractivity contribution is 0.0994. The summed E-state index contributed by atoms with van der Waals surface area (Å²) in [5.74, 6) is 0.149. The number of hydrogen-bond acceptors (Lipinski definition) is 1. The van der Waals surface area contributed by atoms with Crippen molar-refractivity contribution in [3.63, 3.8) is 0 Å². The molecule has 15 heavy (non-hydrogen) atoms. The highest BCUT2D eigenvalue weighted by molar-refractivity contribution is 5.98. The Morgan fingerprint density at radius 3 is 2.47 bits per heavy atom. The van der Waals surface area contributed by atoms with Crippen LogP contribution in [0.4, 0.5) is 0 Å². The van der Waals surface area contributed by atoms with Crippen LogP contribution in [0.2, 0.25) is 0 Å². The molecule has 1 aromatic rings. The Kier molecular flexibility index (Phi) is 3.46. The number of hydrogen-bond donors (Lipinski definition) is 0. The van der Waals surface area contributed by atoms with Gasteiger partial charge in [0.25, 0.3) is 0 Å². The zero-order valence-electron chi connectivity index (χ0n) is 9.71. The lowest BCUT2D eigenvalue weighted by atomic mass is 9.82. The first-order chi connectivity index (χ1) is 6.96. The van der Waals surface area contributed by atoms with Crippen LogP contribution in [0, 0.1) is 0 Å². The number of allylic oxidation sites excluding steroid dienone is 1. The smallest absolute Gasteiger partial charge is 0.166 e. The molecule has 0 radical (unpaired) electrons. The van der Waals surface area contributed by atoms with Crippen molar-refractivity contribution in [2.75, 3.05) is 0 Å². The molecule has 0 aliphatic carbocycles. The maximum Gasteiger partial charge on any atom is 0.166 e. The topological polar surface area (TPSA) is 17.1 Å². The van der Waals surface area contributed by atoms with E-state index in [1.807, 2.05) is 24.3 Å². The molecule has 0 atom stereocenters. The second-order valence-electron chi connectivity index (χ2n) is 4.71. The summed E-state index contributed by atoms with van der Waals surface area (Å²) < 4.78 is 0. The van der Waals surface area contributed by atoms with E-state index in [0.29, 0.717) is 6.42 Å². The molecule has 1 heteroatoms. The molecule has 0 fully saturated rings. The predicted molar refractivity (Wildman–Crippen MR) is 64.3 cm³/mol. The second kappa shape index (κ2) is 4.43. The van der Waals surface area contributed by atoms with Gasteiger partial charge in [-0.3, -0.25) is 4.79 Å². The van der Waals surface area contributed by atoms with E-state index in [4.69, 9.17) is 0 Å². The second-order valence-corrected chi connectivity index (χ2v) is 4.71. The van der Waals surface area contributed by atoms with Gasteiger partial charge in [0.15, 0.2) is 5.78 Å². The van der Waals surface area contributed by atoms with E-state index >= 15 is 0 Å². The highest BCUT2D eigenvalue weighted by Gasteiger charge is 2.20. The lowest BCUT2D eigenvalue weighted by Crippen LogP contribution is -2.16. The van der Waals surface area contributed by atoms with Gasteiger partial charge in [-0.25, -0.2) is 0 Å². The fourth-order valence-electron chi connectivity index (χ4n) is 1.62. The average molecular weight is 202 g/mol. The Hall–Kier alpha value is -1.37. The number of benzene rings is 1. The summed E-state index contributed by atoms with van der Waals surface area (Å²) in [5.41, 5.74) is 1.94. The van der Waals surface area contributed by atoms with Gasteiger partial charge in [-0.2, -0.15) is 0 Å². The van der Waals surface area contributed by atoms with Crippen molar-refractivity contribution >= 4 is 5.78 Å². The van der Waals surface area contributed by atoms with Crippen LogP contribution in [0.25, 0.3) is 0 Å². The van der Waals surface area contributed by atoms with E-state index in [1.54, 1.807) is 6.08 Å². The number of Topliss-reactive ketones (excluding diaryl/α,β-unsaturated/α-hetero) is 1. The van der Waals surface area contributed by atoms with Crippen LogP contribution in [-0.2, 0) is 5.41 Å². The van der Waals surface area contributed by atoms with E-state index in [9.17, 15) is 4.79 Å². The molecule has 0 bridgehead atoms. The number of ketones is 1. The van der Waals surface area contributed by atoms with Crippen LogP contribution in [0.15, 0.2) is 36.9 Å². The molecule has 1 nitrogen and oxygen atoms in total. The zero-order chi connectivity index (χ0) is 11.5. The number of carbonyl (C=O) groups excluding carboxylic acids is 1. The first-order valence-electron chi connectivity index (χ1n) is 5.20. The minimum Gasteiger partial charge on any atom is -0.294 e. The molecule has 0 unspecified atom stereocenters. The largest absolute Gasteiger partial charge is 0.294 e. The standard InChI is InChI=1S/C14H18O/c1-5-8-13(15)11-9-6-7-10-12(11)14(2,3)4/h5-7,9-10H,1,8H2,2-4H3. The minimum absolute atomic E-state index is 0.00736.